The van der Waals surface area contributed by atoms with Crippen molar-refractivity contribution in [1.82, 2.24) is 9.78 Å². The molecule has 3 aromatic rings. The maximum atomic E-state index is 13.6. The van der Waals surface area contributed by atoms with Crippen molar-refractivity contribution in [3.05, 3.63) is 94.3 Å². The summed E-state index contributed by atoms with van der Waals surface area (Å²) in [4.78, 5) is 0. The summed E-state index contributed by atoms with van der Waals surface area (Å²) >= 11 is 0. The first-order chi connectivity index (χ1) is 14.1. The van der Waals surface area contributed by atoms with Gasteiger partial charge in [-0.2, -0.15) is 5.10 Å². The average Bonchev–Trinajstić information content (AvgIpc) is 3.52. The van der Waals surface area contributed by atoms with Crippen molar-refractivity contribution in [3.8, 4) is 0 Å². The fourth-order valence-corrected chi connectivity index (χ4v) is 4.24. The average molecular weight is 391 g/mol. The van der Waals surface area contributed by atoms with Gasteiger partial charge in [-0.25, -0.2) is 8.78 Å². The van der Waals surface area contributed by atoms with Crippen LogP contribution in [-0.4, -0.2) is 21.2 Å². The molecule has 0 amide bonds. The minimum Gasteiger partial charge on any atom is -0.411 e. The molecule has 1 heterocycles. The summed E-state index contributed by atoms with van der Waals surface area (Å²) < 4.78 is 29.3. The van der Waals surface area contributed by atoms with E-state index in [1.54, 1.807) is 24.3 Å². The summed E-state index contributed by atoms with van der Waals surface area (Å²) in [7, 11) is 0. The van der Waals surface area contributed by atoms with Crippen LogP contribution in [0.15, 0.2) is 59.8 Å². The highest BCUT2D eigenvalue weighted by Gasteiger charge is 2.39. The van der Waals surface area contributed by atoms with Crippen LogP contribution < -0.4 is 0 Å². The summed E-state index contributed by atoms with van der Waals surface area (Å²) in [6, 6.07) is 13.3. The molecular formula is C23H19F2N3O. The molecule has 0 spiro atoms. The largest absolute Gasteiger partial charge is 0.411 e. The van der Waals surface area contributed by atoms with E-state index in [0.717, 1.165) is 35.2 Å². The summed E-state index contributed by atoms with van der Waals surface area (Å²) in [6.07, 6.45) is 8.11. The molecule has 2 aromatic carbocycles. The number of hydrogen-bond donors (Lipinski definition) is 1. The van der Waals surface area contributed by atoms with Gasteiger partial charge in [0.25, 0.3) is 0 Å². The molecule has 146 valence electrons. The molecule has 0 atom stereocenters. The lowest BCUT2D eigenvalue weighted by molar-refractivity contribution is 0.321. The zero-order chi connectivity index (χ0) is 20.0. The van der Waals surface area contributed by atoms with E-state index in [1.807, 2.05) is 10.8 Å². The van der Waals surface area contributed by atoms with Crippen LogP contribution >= 0.6 is 0 Å². The van der Waals surface area contributed by atoms with Gasteiger partial charge in [0.15, 0.2) is 0 Å². The molecule has 2 aliphatic rings. The number of halogens is 2. The fraction of sp³-hybridized carbons (Fsp3) is 0.217. The van der Waals surface area contributed by atoms with E-state index >= 15 is 0 Å². The van der Waals surface area contributed by atoms with Crippen LogP contribution in [0.25, 0.3) is 6.08 Å². The van der Waals surface area contributed by atoms with Gasteiger partial charge in [0, 0.05) is 23.1 Å². The number of hydrogen-bond acceptors (Lipinski definition) is 3. The van der Waals surface area contributed by atoms with E-state index in [2.05, 4.69) is 16.3 Å². The molecule has 1 N–H and O–H groups in total. The lowest BCUT2D eigenvalue weighted by Gasteiger charge is -2.35. The number of fused-ring (bicyclic) bond motifs is 1. The quantitative estimate of drug-likeness (QED) is 0.392. The topological polar surface area (TPSA) is 50.4 Å². The van der Waals surface area contributed by atoms with Crippen LogP contribution in [0.5, 0.6) is 0 Å². The molecule has 1 saturated carbocycles. The number of allylic oxidation sites excluding steroid dienone is 1. The van der Waals surface area contributed by atoms with Crippen molar-refractivity contribution >= 4 is 12.3 Å². The van der Waals surface area contributed by atoms with E-state index < -0.39 is 5.41 Å². The van der Waals surface area contributed by atoms with Crippen molar-refractivity contribution in [2.75, 3.05) is 0 Å². The zero-order valence-electron chi connectivity index (χ0n) is 15.6. The Hall–Kier alpha value is -3.28. The minimum atomic E-state index is -0.575. The Morgan fingerprint density at radius 1 is 1.00 bits per heavy atom. The molecule has 0 aliphatic heterocycles. The lowest BCUT2D eigenvalue weighted by Crippen LogP contribution is -2.31. The molecule has 4 nitrogen and oxygen atoms in total. The van der Waals surface area contributed by atoms with Crippen molar-refractivity contribution in [2.45, 2.75) is 30.7 Å². The van der Waals surface area contributed by atoms with Gasteiger partial charge in [-0.15, -0.1) is 0 Å². The Balaban J connectivity index is 1.71. The Morgan fingerprint density at radius 2 is 1.59 bits per heavy atom. The smallest absolute Gasteiger partial charge is 0.123 e. The third-order valence-corrected chi connectivity index (χ3v) is 5.85. The number of rotatable bonds is 4. The van der Waals surface area contributed by atoms with Gasteiger partial charge in [0.1, 0.15) is 17.3 Å². The SMILES string of the molecule is O/N=C/c1nn(C2CC2)c2c1C=CC(c1ccc(F)cc1)(c1ccc(F)cc1)C2. The summed E-state index contributed by atoms with van der Waals surface area (Å²) in [6.45, 7) is 0. The van der Waals surface area contributed by atoms with Crippen LogP contribution in [0.4, 0.5) is 8.78 Å². The Labute approximate surface area is 166 Å². The van der Waals surface area contributed by atoms with Crippen LogP contribution in [0.3, 0.4) is 0 Å². The second kappa shape index (κ2) is 6.65. The highest BCUT2D eigenvalue weighted by Crippen LogP contribution is 2.45. The van der Waals surface area contributed by atoms with Gasteiger partial charge in [-0.3, -0.25) is 4.68 Å². The maximum Gasteiger partial charge on any atom is 0.123 e. The standard InChI is InChI=1S/C23H19F2N3O/c24-17-5-1-15(2-6-17)23(16-3-7-18(25)8-4-16)12-11-20-21(14-26-29)27-28(19-9-10-19)22(20)13-23/h1-8,11-12,14,19,29H,9-10,13H2/b26-14+. The first-order valence-electron chi connectivity index (χ1n) is 9.61. The van der Waals surface area contributed by atoms with Crippen molar-refractivity contribution in [3.63, 3.8) is 0 Å². The predicted octanol–water partition coefficient (Wildman–Crippen LogP) is 4.86. The molecule has 0 unspecified atom stereocenters. The van der Waals surface area contributed by atoms with Gasteiger partial charge >= 0.3 is 0 Å². The monoisotopic (exact) mass is 391 g/mol. The maximum absolute atomic E-state index is 13.6. The summed E-state index contributed by atoms with van der Waals surface area (Å²) in [5.41, 5.74) is 3.86. The highest BCUT2D eigenvalue weighted by atomic mass is 19.1. The van der Waals surface area contributed by atoms with E-state index in [-0.39, 0.29) is 11.6 Å². The van der Waals surface area contributed by atoms with Crippen LogP contribution in [-0.2, 0) is 11.8 Å². The minimum absolute atomic E-state index is 0.298. The Morgan fingerprint density at radius 3 is 2.10 bits per heavy atom. The Kier molecular flexibility index (Phi) is 4.08. The number of nitrogens with zero attached hydrogens (tertiary/aromatic N) is 3. The van der Waals surface area contributed by atoms with Gasteiger partial charge < -0.3 is 5.21 Å². The first kappa shape index (κ1) is 17.8. The van der Waals surface area contributed by atoms with Gasteiger partial charge in [-0.05, 0) is 48.2 Å². The van der Waals surface area contributed by atoms with Crippen molar-refractivity contribution in [2.24, 2.45) is 5.16 Å². The number of benzene rings is 2. The van der Waals surface area contributed by atoms with Crippen molar-refractivity contribution < 1.29 is 14.0 Å². The van der Waals surface area contributed by atoms with Crippen LogP contribution in [0, 0.1) is 11.6 Å². The molecule has 1 fully saturated rings. The van der Waals surface area contributed by atoms with E-state index in [9.17, 15) is 8.78 Å². The summed E-state index contributed by atoms with van der Waals surface area (Å²) in [5.74, 6) is -0.596. The molecule has 0 bridgehead atoms. The molecule has 29 heavy (non-hydrogen) atoms. The second-order valence-electron chi connectivity index (χ2n) is 7.66. The molecule has 0 radical (unpaired) electrons. The predicted molar refractivity (Wildman–Crippen MR) is 106 cm³/mol. The van der Waals surface area contributed by atoms with Crippen LogP contribution in [0.1, 0.15) is 47.0 Å². The third-order valence-electron chi connectivity index (χ3n) is 5.85. The Bertz CT molecular complexity index is 1060. The lowest BCUT2D eigenvalue weighted by atomic mass is 9.68. The van der Waals surface area contributed by atoms with Crippen molar-refractivity contribution in [1.29, 1.82) is 0 Å². The number of aromatic nitrogens is 2. The highest BCUT2D eigenvalue weighted by molar-refractivity contribution is 5.84. The van der Waals surface area contributed by atoms with Gasteiger partial charge in [0.05, 0.1) is 12.3 Å². The summed E-state index contributed by atoms with van der Waals surface area (Å²) in [5, 5.41) is 16.8. The molecule has 6 heteroatoms. The zero-order valence-corrected chi connectivity index (χ0v) is 15.6. The number of oxime groups is 1. The van der Waals surface area contributed by atoms with E-state index in [0.29, 0.717) is 18.2 Å². The van der Waals surface area contributed by atoms with Crippen LogP contribution in [0.2, 0.25) is 0 Å². The molecule has 2 aliphatic carbocycles. The second-order valence-corrected chi connectivity index (χ2v) is 7.66. The molecular weight excluding hydrogens is 372 g/mol. The van der Waals surface area contributed by atoms with E-state index in [4.69, 9.17) is 5.21 Å². The molecule has 0 saturated heterocycles. The van der Waals surface area contributed by atoms with Gasteiger partial charge in [-0.1, -0.05) is 41.6 Å². The fourth-order valence-electron chi connectivity index (χ4n) is 4.24. The van der Waals surface area contributed by atoms with E-state index in [1.165, 1.54) is 30.5 Å². The normalized spacial score (nSPS) is 17.6. The molecule has 1 aromatic heterocycles. The molecule has 5 rings (SSSR count). The first-order valence-corrected chi connectivity index (χ1v) is 9.61. The van der Waals surface area contributed by atoms with Gasteiger partial charge in [0.2, 0.25) is 0 Å². The third kappa shape index (κ3) is 2.95.